The van der Waals surface area contributed by atoms with Crippen molar-refractivity contribution in [1.29, 1.82) is 0 Å². The highest BCUT2D eigenvalue weighted by atomic mass is 16.6. The second-order valence-electron chi connectivity index (χ2n) is 5.43. The molecule has 2 aromatic heterocycles. The van der Waals surface area contributed by atoms with Crippen LogP contribution >= 0.6 is 0 Å². The predicted octanol–water partition coefficient (Wildman–Crippen LogP) is -1.20. The summed E-state index contributed by atoms with van der Waals surface area (Å²) in [5.41, 5.74) is 7.68. The first kappa shape index (κ1) is 14.9. The van der Waals surface area contributed by atoms with Crippen LogP contribution in [0.4, 0.5) is 11.8 Å². The molecule has 0 amide bonds. The number of aliphatic hydroxyl groups is 3. The van der Waals surface area contributed by atoms with Crippen LogP contribution in [0.15, 0.2) is 6.33 Å². The van der Waals surface area contributed by atoms with Crippen LogP contribution in [-0.2, 0) is 4.84 Å². The van der Waals surface area contributed by atoms with E-state index in [9.17, 15) is 15.3 Å². The Bertz CT molecular complexity index is 692. The summed E-state index contributed by atoms with van der Waals surface area (Å²) >= 11 is 0. The Hall–Kier alpha value is -2.01. The molecule has 0 aromatic carbocycles. The number of fused-ring (bicyclic) bond motifs is 1. The molecular weight excluding hydrogens is 292 g/mol. The van der Waals surface area contributed by atoms with Gasteiger partial charge in [0.15, 0.2) is 17.0 Å². The van der Waals surface area contributed by atoms with E-state index in [-0.39, 0.29) is 24.8 Å². The molecule has 10 nitrogen and oxygen atoms in total. The van der Waals surface area contributed by atoms with Crippen LogP contribution in [0.3, 0.4) is 0 Å². The van der Waals surface area contributed by atoms with E-state index >= 15 is 0 Å². The Labute approximate surface area is 125 Å². The first-order chi connectivity index (χ1) is 10.5. The molecule has 1 aliphatic carbocycles. The molecule has 3 atom stereocenters. The van der Waals surface area contributed by atoms with Gasteiger partial charge in [0.05, 0.1) is 26.1 Å². The van der Waals surface area contributed by atoms with Crippen LogP contribution in [0, 0.1) is 0 Å². The summed E-state index contributed by atoms with van der Waals surface area (Å²) in [6.45, 7) is -0.509. The van der Waals surface area contributed by atoms with Gasteiger partial charge in [-0.3, -0.25) is 4.84 Å². The molecular formula is C12H18N6O4. The summed E-state index contributed by atoms with van der Waals surface area (Å²) in [6, 6.07) is -0.262. The summed E-state index contributed by atoms with van der Waals surface area (Å²) in [7, 11) is 1.44. The lowest BCUT2D eigenvalue weighted by Gasteiger charge is -2.23. The number of nitrogens with two attached hydrogens (primary N) is 1. The Balaban J connectivity index is 2.02. The van der Waals surface area contributed by atoms with Crippen molar-refractivity contribution in [2.45, 2.75) is 30.6 Å². The minimum Gasteiger partial charge on any atom is -0.393 e. The molecule has 0 unspecified atom stereocenters. The fourth-order valence-electron chi connectivity index (χ4n) is 2.85. The van der Waals surface area contributed by atoms with Crippen molar-refractivity contribution in [3.8, 4) is 0 Å². The third-order valence-corrected chi connectivity index (χ3v) is 4.01. The van der Waals surface area contributed by atoms with Gasteiger partial charge in [-0.05, 0) is 6.42 Å². The van der Waals surface area contributed by atoms with Crippen LogP contribution in [0.5, 0.6) is 0 Å². The van der Waals surface area contributed by atoms with Crippen molar-refractivity contribution >= 4 is 22.9 Å². The molecule has 22 heavy (non-hydrogen) atoms. The third-order valence-electron chi connectivity index (χ3n) is 4.01. The van der Waals surface area contributed by atoms with E-state index in [1.54, 1.807) is 10.9 Å². The number of aromatic nitrogens is 4. The van der Waals surface area contributed by atoms with Crippen molar-refractivity contribution in [3.63, 3.8) is 0 Å². The van der Waals surface area contributed by atoms with Crippen molar-refractivity contribution in [3.05, 3.63) is 6.33 Å². The number of hydrogen-bond donors (Lipinski definition) is 5. The number of rotatable bonds is 4. The van der Waals surface area contributed by atoms with Crippen molar-refractivity contribution in [2.24, 2.45) is 0 Å². The van der Waals surface area contributed by atoms with E-state index in [1.807, 2.05) is 0 Å². The first-order valence-corrected chi connectivity index (χ1v) is 6.79. The zero-order valence-corrected chi connectivity index (χ0v) is 12.0. The number of imidazole rings is 1. The average Bonchev–Trinajstić information content (AvgIpc) is 3.02. The largest absolute Gasteiger partial charge is 0.393 e. The van der Waals surface area contributed by atoms with Gasteiger partial charge in [-0.1, -0.05) is 0 Å². The van der Waals surface area contributed by atoms with E-state index in [2.05, 4.69) is 20.4 Å². The van der Waals surface area contributed by atoms with Crippen molar-refractivity contribution < 1.29 is 20.2 Å². The molecule has 10 heteroatoms. The van der Waals surface area contributed by atoms with Crippen LogP contribution in [0.2, 0.25) is 0 Å². The van der Waals surface area contributed by atoms with Gasteiger partial charge in [-0.15, -0.1) is 0 Å². The summed E-state index contributed by atoms with van der Waals surface area (Å²) < 4.78 is 1.71. The number of nitrogen functional groups attached to an aromatic ring is 1. The summed E-state index contributed by atoms with van der Waals surface area (Å²) in [4.78, 5) is 17.2. The second-order valence-corrected chi connectivity index (χ2v) is 5.43. The number of hydrogen-bond acceptors (Lipinski definition) is 9. The number of aliphatic hydroxyl groups excluding tert-OH is 2. The van der Waals surface area contributed by atoms with Crippen molar-refractivity contribution in [2.75, 3.05) is 24.9 Å². The normalized spacial score (nSPS) is 28.4. The Morgan fingerprint density at radius 1 is 1.55 bits per heavy atom. The first-order valence-electron chi connectivity index (χ1n) is 6.79. The smallest absolute Gasteiger partial charge is 0.224 e. The molecule has 2 heterocycles. The number of nitrogens with zero attached hydrogens (tertiary/aromatic N) is 4. The van der Waals surface area contributed by atoms with Gasteiger partial charge in [-0.25, -0.2) is 10.5 Å². The summed E-state index contributed by atoms with van der Waals surface area (Å²) in [5, 5.41) is 29.4. The molecule has 1 fully saturated rings. The summed E-state index contributed by atoms with van der Waals surface area (Å²) in [5.74, 6) is 0.379. The lowest BCUT2D eigenvalue weighted by Crippen LogP contribution is -2.40. The fraction of sp³-hybridized carbons (Fsp3) is 0.583. The Kier molecular flexibility index (Phi) is 3.60. The molecule has 1 saturated carbocycles. The van der Waals surface area contributed by atoms with Crippen LogP contribution < -0.4 is 11.2 Å². The van der Waals surface area contributed by atoms with E-state index in [0.29, 0.717) is 17.0 Å². The topological polar surface area (TPSA) is 152 Å². The standard InChI is InChI=1S/C12H18N6O4/c1-22-17-9-8-10(16-11(13)15-9)18(5-14-8)6-2-7(20)12(21,3-6)4-19/h5-7,19-21H,2-4H2,1H3,(H3,13,15,16,17)/t6-,7-,12-/m0/s1. The van der Waals surface area contributed by atoms with Gasteiger partial charge < -0.3 is 25.6 Å². The lowest BCUT2D eigenvalue weighted by molar-refractivity contribution is -0.0855. The fourth-order valence-corrected chi connectivity index (χ4v) is 2.85. The van der Waals surface area contributed by atoms with Gasteiger partial charge in [0.1, 0.15) is 5.60 Å². The molecule has 3 rings (SSSR count). The monoisotopic (exact) mass is 310 g/mol. The number of anilines is 2. The molecule has 0 saturated heterocycles. The minimum atomic E-state index is -1.52. The Morgan fingerprint density at radius 2 is 2.32 bits per heavy atom. The van der Waals surface area contributed by atoms with Crippen LogP contribution in [0.1, 0.15) is 18.9 Å². The number of nitrogens with one attached hydrogen (secondary N) is 1. The van der Waals surface area contributed by atoms with Gasteiger partial charge in [0.25, 0.3) is 0 Å². The molecule has 2 aromatic rings. The van der Waals surface area contributed by atoms with E-state index in [0.717, 1.165) is 0 Å². The molecule has 6 N–H and O–H groups in total. The van der Waals surface area contributed by atoms with E-state index < -0.39 is 18.3 Å². The van der Waals surface area contributed by atoms with Crippen LogP contribution in [0.25, 0.3) is 11.2 Å². The maximum atomic E-state index is 10.2. The molecule has 0 radical (unpaired) electrons. The third kappa shape index (κ3) is 2.25. The van der Waals surface area contributed by atoms with E-state index in [4.69, 9.17) is 10.6 Å². The highest BCUT2D eigenvalue weighted by Crippen LogP contribution is 2.39. The molecule has 0 spiro atoms. The Morgan fingerprint density at radius 3 is 2.95 bits per heavy atom. The predicted molar refractivity (Wildman–Crippen MR) is 76.7 cm³/mol. The SMILES string of the molecule is CONc1nc(N)nc2c1ncn2[C@H]1C[C@H](O)[C@@](O)(CO)C1. The zero-order chi connectivity index (χ0) is 15.9. The second kappa shape index (κ2) is 5.32. The molecule has 0 bridgehead atoms. The van der Waals surface area contributed by atoms with Gasteiger partial charge in [-0.2, -0.15) is 9.97 Å². The lowest BCUT2D eigenvalue weighted by atomic mass is 10.0. The quantitative estimate of drug-likeness (QED) is 0.438. The maximum absolute atomic E-state index is 10.2. The van der Waals surface area contributed by atoms with Crippen LogP contribution in [-0.4, -0.2) is 60.3 Å². The minimum absolute atomic E-state index is 0.0461. The van der Waals surface area contributed by atoms with E-state index in [1.165, 1.54) is 7.11 Å². The zero-order valence-electron chi connectivity index (χ0n) is 12.0. The van der Waals surface area contributed by atoms with Gasteiger partial charge >= 0.3 is 0 Å². The van der Waals surface area contributed by atoms with Gasteiger partial charge in [0, 0.05) is 12.5 Å². The average molecular weight is 310 g/mol. The highest BCUT2D eigenvalue weighted by Gasteiger charge is 2.46. The molecule has 120 valence electrons. The molecule has 1 aliphatic rings. The highest BCUT2D eigenvalue weighted by molar-refractivity contribution is 5.83. The van der Waals surface area contributed by atoms with Crippen molar-refractivity contribution in [1.82, 2.24) is 19.5 Å². The summed E-state index contributed by atoms with van der Waals surface area (Å²) in [6.07, 6.45) is 0.989. The maximum Gasteiger partial charge on any atom is 0.224 e. The molecule has 0 aliphatic heterocycles. The van der Waals surface area contributed by atoms with Gasteiger partial charge in [0.2, 0.25) is 5.95 Å².